The van der Waals surface area contributed by atoms with Crippen molar-refractivity contribution in [1.82, 2.24) is 20.4 Å². The van der Waals surface area contributed by atoms with E-state index in [1.165, 1.54) is 4.90 Å². The first-order valence-corrected chi connectivity index (χ1v) is 10.5. The SMILES string of the molecule is Cc1ccc(C2NC(=O)N(C)C3=C2C(=O)N(C(C(=O)NCC(C)C)C(C)C)C3)cc1. The number of aryl methyl sites for hydroxylation is 1. The zero-order valence-corrected chi connectivity index (χ0v) is 18.7. The van der Waals surface area contributed by atoms with Crippen LogP contribution < -0.4 is 10.6 Å². The van der Waals surface area contributed by atoms with E-state index in [4.69, 9.17) is 0 Å². The highest BCUT2D eigenvalue weighted by Gasteiger charge is 2.46. The zero-order chi connectivity index (χ0) is 22.2. The Bertz CT molecular complexity index is 873. The van der Waals surface area contributed by atoms with Crippen molar-refractivity contribution in [3.63, 3.8) is 0 Å². The van der Waals surface area contributed by atoms with Gasteiger partial charge in [-0.2, -0.15) is 0 Å². The first-order chi connectivity index (χ1) is 14.1. The van der Waals surface area contributed by atoms with Gasteiger partial charge in [0.25, 0.3) is 5.91 Å². The van der Waals surface area contributed by atoms with E-state index in [0.29, 0.717) is 23.7 Å². The molecule has 0 fully saturated rings. The summed E-state index contributed by atoms with van der Waals surface area (Å²) >= 11 is 0. The van der Waals surface area contributed by atoms with Gasteiger partial charge < -0.3 is 15.5 Å². The number of carbonyl (C=O) groups is 3. The number of carbonyl (C=O) groups excluding carboxylic acids is 3. The summed E-state index contributed by atoms with van der Waals surface area (Å²) in [6.45, 7) is 10.7. The molecule has 3 rings (SSSR count). The van der Waals surface area contributed by atoms with Crippen LogP contribution in [0.1, 0.15) is 44.9 Å². The van der Waals surface area contributed by atoms with E-state index >= 15 is 0 Å². The van der Waals surface area contributed by atoms with E-state index in [0.717, 1.165) is 11.1 Å². The smallest absolute Gasteiger partial charge is 0.322 e. The summed E-state index contributed by atoms with van der Waals surface area (Å²) in [6.07, 6.45) is 0. The minimum atomic E-state index is -0.594. The Morgan fingerprint density at radius 3 is 2.37 bits per heavy atom. The molecule has 1 aromatic rings. The summed E-state index contributed by atoms with van der Waals surface area (Å²) in [6, 6.07) is 6.43. The minimum Gasteiger partial charge on any atom is -0.354 e. The standard InChI is InChI=1S/C23H32N4O3/c1-13(2)11-24-21(28)20(14(3)4)27-12-17-18(22(27)29)19(25-23(30)26(17)6)16-9-7-15(5)8-10-16/h7-10,13-14,19-20H,11-12H2,1-6H3,(H,24,28)(H,25,30). The first kappa shape index (κ1) is 21.9. The van der Waals surface area contributed by atoms with Gasteiger partial charge >= 0.3 is 6.03 Å². The molecule has 30 heavy (non-hydrogen) atoms. The van der Waals surface area contributed by atoms with Crippen LogP contribution in [0.4, 0.5) is 4.79 Å². The molecule has 2 aliphatic heterocycles. The van der Waals surface area contributed by atoms with Crippen molar-refractivity contribution in [1.29, 1.82) is 0 Å². The van der Waals surface area contributed by atoms with Gasteiger partial charge in [-0.05, 0) is 24.3 Å². The molecule has 0 bridgehead atoms. The van der Waals surface area contributed by atoms with Gasteiger partial charge in [0, 0.05) is 13.6 Å². The molecule has 7 heteroatoms. The summed E-state index contributed by atoms with van der Waals surface area (Å²) in [4.78, 5) is 42.2. The second kappa shape index (κ2) is 8.50. The Hall–Kier alpha value is -2.83. The number of nitrogens with one attached hydrogen (secondary N) is 2. The Kier molecular flexibility index (Phi) is 6.19. The van der Waals surface area contributed by atoms with Gasteiger partial charge in [-0.3, -0.25) is 14.5 Å². The summed E-state index contributed by atoms with van der Waals surface area (Å²) in [7, 11) is 1.66. The van der Waals surface area contributed by atoms with Gasteiger partial charge in [-0.15, -0.1) is 0 Å². The maximum absolute atomic E-state index is 13.5. The van der Waals surface area contributed by atoms with E-state index < -0.39 is 12.1 Å². The summed E-state index contributed by atoms with van der Waals surface area (Å²) in [5.74, 6) is -0.0861. The van der Waals surface area contributed by atoms with Crippen LogP contribution in [0, 0.1) is 18.8 Å². The molecule has 7 nitrogen and oxygen atoms in total. The van der Waals surface area contributed by atoms with E-state index in [1.807, 2.05) is 58.9 Å². The van der Waals surface area contributed by atoms with Crippen LogP contribution >= 0.6 is 0 Å². The molecule has 0 aromatic heterocycles. The third-order valence-corrected chi connectivity index (χ3v) is 5.72. The van der Waals surface area contributed by atoms with Gasteiger partial charge in [0.05, 0.1) is 23.9 Å². The monoisotopic (exact) mass is 412 g/mol. The Labute approximate surface area is 178 Å². The van der Waals surface area contributed by atoms with Crippen molar-refractivity contribution >= 4 is 17.8 Å². The molecule has 0 spiro atoms. The molecule has 0 saturated heterocycles. The Morgan fingerprint density at radius 2 is 1.80 bits per heavy atom. The van der Waals surface area contributed by atoms with Crippen LogP contribution in [0.5, 0.6) is 0 Å². The highest BCUT2D eigenvalue weighted by atomic mass is 16.2. The van der Waals surface area contributed by atoms with Crippen molar-refractivity contribution in [2.24, 2.45) is 11.8 Å². The average Bonchev–Trinajstić information content (AvgIpc) is 3.01. The second-order valence-electron chi connectivity index (χ2n) is 8.97. The summed E-state index contributed by atoms with van der Waals surface area (Å²) < 4.78 is 0. The number of hydrogen-bond donors (Lipinski definition) is 2. The zero-order valence-electron chi connectivity index (χ0n) is 18.7. The summed E-state index contributed by atoms with van der Waals surface area (Å²) in [5.41, 5.74) is 3.17. The fraction of sp³-hybridized carbons (Fsp3) is 0.522. The quantitative estimate of drug-likeness (QED) is 0.754. The van der Waals surface area contributed by atoms with Crippen LogP contribution in [0.15, 0.2) is 35.5 Å². The predicted octanol–water partition coefficient (Wildman–Crippen LogP) is 2.58. The number of nitrogens with zero attached hydrogens (tertiary/aromatic N) is 2. The molecule has 162 valence electrons. The summed E-state index contributed by atoms with van der Waals surface area (Å²) in [5, 5.41) is 5.91. The lowest BCUT2D eigenvalue weighted by Gasteiger charge is -2.31. The van der Waals surface area contributed by atoms with Crippen LogP contribution in [0.2, 0.25) is 0 Å². The molecule has 2 aliphatic rings. The van der Waals surface area contributed by atoms with Gasteiger partial charge in [-0.25, -0.2) is 4.79 Å². The molecule has 1 aromatic carbocycles. The van der Waals surface area contributed by atoms with E-state index in [1.54, 1.807) is 11.9 Å². The molecular weight excluding hydrogens is 380 g/mol. The maximum atomic E-state index is 13.5. The van der Waals surface area contributed by atoms with Crippen molar-refractivity contribution in [2.45, 2.75) is 46.7 Å². The number of hydrogen-bond acceptors (Lipinski definition) is 3. The lowest BCUT2D eigenvalue weighted by molar-refractivity contribution is -0.138. The van der Waals surface area contributed by atoms with Crippen molar-refractivity contribution in [3.8, 4) is 0 Å². The van der Waals surface area contributed by atoms with Crippen molar-refractivity contribution in [2.75, 3.05) is 20.1 Å². The van der Waals surface area contributed by atoms with Crippen molar-refractivity contribution < 1.29 is 14.4 Å². The second-order valence-corrected chi connectivity index (χ2v) is 8.97. The van der Waals surface area contributed by atoms with Gasteiger partial charge in [0.15, 0.2) is 0 Å². The highest BCUT2D eigenvalue weighted by Crippen LogP contribution is 2.37. The molecule has 4 amide bonds. The molecule has 0 aliphatic carbocycles. The molecule has 2 unspecified atom stereocenters. The molecule has 0 radical (unpaired) electrons. The fourth-order valence-electron chi connectivity index (χ4n) is 4.04. The minimum absolute atomic E-state index is 0.0609. The number of rotatable bonds is 6. The number of urea groups is 1. The molecule has 2 atom stereocenters. The normalized spacial score (nSPS) is 20.1. The number of likely N-dealkylation sites (N-methyl/N-ethyl adjacent to an activating group) is 1. The number of benzene rings is 1. The number of amides is 4. The van der Waals surface area contributed by atoms with E-state index in [2.05, 4.69) is 10.6 Å². The Morgan fingerprint density at radius 1 is 1.17 bits per heavy atom. The topological polar surface area (TPSA) is 81.8 Å². The van der Waals surface area contributed by atoms with Gasteiger partial charge in [0.2, 0.25) is 5.91 Å². The van der Waals surface area contributed by atoms with Crippen LogP contribution in [0.25, 0.3) is 0 Å². The molecule has 0 saturated carbocycles. The van der Waals surface area contributed by atoms with Crippen molar-refractivity contribution in [3.05, 3.63) is 46.7 Å². The molecule has 2 heterocycles. The van der Waals surface area contributed by atoms with Crippen LogP contribution in [-0.4, -0.2) is 53.8 Å². The highest BCUT2D eigenvalue weighted by molar-refractivity contribution is 6.03. The molecule has 2 N–H and O–H groups in total. The third-order valence-electron chi connectivity index (χ3n) is 5.72. The lowest BCUT2D eigenvalue weighted by atomic mass is 9.95. The maximum Gasteiger partial charge on any atom is 0.322 e. The van der Waals surface area contributed by atoms with Crippen LogP contribution in [-0.2, 0) is 9.59 Å². The molecular formula is C23H32N4O3. The first-order valence-electron chi connectivity index (χ1n) is 10.5. The van der Waals surface area contributed by atoms with E-state index in [-0.39, 0.29) is 30.3 Å². The lowest BCUT2D eigenvalue weighted by Crippen LogP contribution is -2.52. The predicted molar refractivity (Wildman–Crippen MR) is 115 cm³/mol. The Balaban J connectivity index is 1.94. The van der Waals surface area contributed by atoms with E-state index in [9.17, 15) is 14.4 Å². The fourth-order valence-corrected chi connectivity index (χ4v) is 4.04. The third kappa shape index (κ3) is 4.06. The largest absolute Gasteiger partial charge is 0.354 e. The van der Waals surface area contributed by atoms with Crippen LogP contribution in [0.3, 0.4) is 0 Å². The average molecular weight is 413 g/mol. The van der Waals surface area contributed by atoms with Gasteiger partial charge in [0.1, 0.15) is 6.04 Å². The van der Waals surface area contributed by atoms with Gasteiger partial charge in [-0.1, -0.05) is 57.5 Å².